The van der Waals surface area contributed by atoms with E-state index in [1.165, 1.54) is 6.07 Å². The topological polar surface area (TPSA) is 159 Å². The molecule has 2 spiro atoms. The fraction of sp³-hybridized carbons (Fsp3) is 0.417. The summed E-state index contributed by atoms with van der Waals surface area (Å²) in [6, 6.07) is 22.3. The number of amides is 3. The number of imidazole rings is 1. The average molecular weight is 897 g/mol. The summed E-state index contributed by atoms with van der Waals surface area (Å²) in [6.45, 7) is 1.48. The molecule has 4 heterocycles. The van der Waals surface area contributed by atoms with Crippen molar-refractivity contribution in [2.24, 2.45) is 7.05 Å². The van der Waals surface area contributed by atoms with Crippen LogP contribution in [0.1, 0.15) is 98.4 Å². The molecular formula is C48H52Cl2FN7O5. The first kappa shape index (κ1) is 43.2. The Labute approximate surface area is 374 Å². The van der Waals surface area contributed by atoms with Crippen LogP contribution < -0.4 is 32.3 Å². The van der Waals surface area contributed by atoms with Gasteiger partial charge in [-0.05, 0) is 110 Å². The second-order valence-corrected chi connectivity index (χ2v) is 18.5. The lowest BCUT2D eigenvalue weighted by molar-refractivity contribution is -0.128. The zero-order chi connectivity index (χ0) is 44.0. The summed E-state index contributed by atoms with van der Waals surface area (Å²) in [7, 11) is 1.73. The number of nitrogens with zero attached hydrogens (tertiary/aromatic N) is 2. The van der Waals surface area contributed by atoms with Gasteiger partial charge in [-0.1, -0.05) is 85.3 Å². The molecule has 2 unspecified atom stereocenters. The van der Waals surface area contributed by atoms with Gasteiger partial charge in [0.1, 0.15) is 17.5 Å². The maximum absolute atomic E-state index is 16.2. The number of aromatic nitrogens is 2. The van der Waals surface area contributed by atoms with Gasteiger partial charge >= 0.3 is 5.69 Å². The van der Waals surface area contributed by atoms with Crippen LogP contribution in [0.25, 0.3) is 11.0 Å². The van der Waals surface area contributed by atoms with E-state index in [4.69, 9.17) is 23.2 Å². The van der Waals surface area contributed by atoms with Crippen LogP contribution in [0, 0.1) is 5.82 Å². The highest BCUT2D eigenvalue weighted by Gasteiger charge is 2.72. The molecule has 6 N–H and O–H groups in total. The van der Waals surface area contributed by atoms with Crippen molar-refractivity contribution >= 4 is 63.3 Å². The molecular weight excluding hydrogens is 844 g/mol. The Kier molecular flexibility index (Phi) is 12.0. The van der Waals surface area contributed by atoms with E-state index in [9.17, 15) is 24.3 Å². The van der Waals surface area contributed by atoms with Crippen LogP contribution >= 0.6 is 23.2 Å². The Morgan fingerprint density at radius 1 is 0.921 bits per heavy atom. The van der Waals surface area contributed by atoms with Crippen LogP contribution in [0.3, 0.4) is 0 Å². The molecule has 4 aromatic carbocycles. The number of hydrogen-bond donors (Lipinski definition) is 6. The van der Waals surface area contributed by atoms with Gasteiger partial charge in [-0.15, -0.1) is 0 Å². The zero-order valence-electron chi connectivity index (χ0n) is 35.1. The van der Waals surface area contributed by atoms with Crippen LogP contribution in [0.15, 0.2) is 83.7 Å². The van der Waals surface area contributed by atoms with E-state index in [1.54, 1.807) is 40.4 Å². The molecule has 1 aromatic heterocycles. The summed E-state index contributed by atoms with van der Waals surface area (Å²) in [4.78, 5) is 54.0. The summed E-state index contributed by atoms with van der Waals surface area (Å²) in [5, 5.41) is 26.8. The molecule has 12 nitrogen and oxygen atoms in total. The number of aryl methyl sites for hydroxylation is 2. The Morgan fingerprint density at radius 2 is 1.70 bits per heavy atom. The number of nitrogens with one attached hydrogen (secondary N) is 5. The maximum Gasteiger partial charge on any atom is 0.329 e. The normalized spacial score (nSPS) is 23.9. The second-order valence-electron chi connectivity index (χ2n) is 17.7. The number of carbonyl (C=O) groups excluding carboxylic acids is 3. The van der Waals surface area contributed by atoms with Gasteiger partial charge < -0.3 is 26.4 Å². The fourth-order valence-corrected chi connectivity index (χ4v) is 11.4. The van der Waals surface area contributed by atoms with Crippen LogP contribution in [-0.2, 0) is 39.8 Å². The minimum absolute atomic E-state index is 0.0712. The number of aliphatic hydroxyl groups is 1. The van der Waals surface area contributed by atoms with Crippen molar-refractivity contribution in [2.45, 2.75) is 112 Å². The van der Waals surface area contributed by atoms with Crippen molar-refractivity contribution in [3.63, 3.8) is 0 Å². The van der Waals surface area contributed by atoms with Gasteiger partial charge in [0.05, 0.1) is 28.1 Å². The van der Waals surface area contributed by atoms with Gasteiger partial charge in [0, 0.05) is 47.9 Å². The number of aliphatic hydroxyl groups excluding tert-OH is 1. The number of unbranched alkanes of at least 4 members (excludes halogenated alkanes) is 2. The monoisotopic (exact) mass is 895 g/mol. The third kappa shape index (κ3) is 7.65. The van der Waals surface area contributed by atoms with Gasteiger partial charge in [-0.25, -0.2) is 9.18 Å². The first-order valence-electron chi connectivity index (χ1n) is 22.0. The third-order valence-electron chi connectivity index (χ3n) is 14.0. The first-order chi connectivity index (χ1) is 30.4. The Hall–Kier alpha value is -5.05. The largest absolute Gasteiger partial charge is 0.372 e. The van der Waals surface area contributed by atoms with E-state index >= 15 is 4.39 Å². The van der Waals surface area contributed by atoms with Gasteiger partial charge in [-0.3, -0.25) is 28.8 Å². The van der Waals surface area contributed by atoms with Crippen LogP contribution in [0.5, 0.6) is 0 Å². The highest BCUT2D eigenvalue weighted by molar-refractivity contribution is 6.31. The van der Waals surface area contributed by atoms with Crippen LogP contribution in [-0.4, -0.2) is 56.3 Å². The third-order valence-corrected chi connectivity index (χ3v) is 14.5. The molecule has 3 aliphatic heterocycles. The SMILES string of the molecule is Cn1c(=O)n(C2CCC(=O)NC2O)c2ccc(CCCCCNCc3ccc(NC(=O)[C@@H]4NC5(CCCCC5)[C@@]5(C(=O)Nc6cc(Cl)ccc65)[C@H]4c4cccc(Cl)c4F)cc3)cc21. The summed E-state index contributed by atoms with van der Waals surface area (Å²) >= 11 is 12.8. The highest BCUT2D eigenvalue weighted by Crippen LogP contribution is 2.63. The molecule has 3 amide bonds. The van der Waals surface area contributed by atoms with Crippen molar-refractivity contribution in [3.8, 4) is 0 Å². The molecule has 0 bridgehead atoms. The molecule has 1 aliphatic carbocycles. The standard InChI is InChI=1S/C48H52Cl2FN7O5/c1-57-38-25-28(14-19-36(38)58(46(57)63)37-20-21-39(59)55-43(37)60)9-4-2-7-24-52-27-29-12-16-31(17-13-29)53-44(61)42-40(32-10-8-11-34(50)41(32)51)48(47(56-42)22-5-3-6-23-47)33-18-15-30(49)26-35(33)54-45(48)62/h8,10-19,25-26,37,40,42-43,52,56,60H,2-7,9,20-24,27H2,1H3,(H,53,61)(H,54,62)(H,55,59)/t37?,40-,42+,43?,48+/m0/s1. The molecule has 330 valence electrons. The fourth-order valence-electron chi connectivity index (χ4n) is 11.1. The summed E-state index contributed by atoms with van der Waals surface area (Å²) < 4.78 is 19.4. The van der Waals surface area contributed by atoms with E-state index in [1.807, 2.05) is 48.5 Å². The Morgan fingerprint density at radius 3 is 2.48 bits per heavy atom. The lowest BCUT2D eigenvalue weighted by Crippen LogP contribution is -2.60. The van der Waals surface area contributed by atoms with E-state index in [-0.39, 0.29) is 40.4 Å². The quantitative estimate of drug-likeness (QED) is 0.0716. The van der Waals surface area contributed by atoms with Crippen LogP contribution in [0.2, 0.25) is 10.0 Å². The first-order valence-corrected chi connectivity index (χ1v) is 22.8. The highest BCUT2D eigenvalue weighted by atomic mass is 35.5. The molecule has 3 fully saturated rings. The maximum atomic E-state index is 16.2. The number of anilines is 2. The Bertz CT molecular complexity index is 2640. The molecule has 0 radical (unpaired) electrons. The summed E-state index contributed by atoms with van der Waals surface area (Å²) in [6.07, 6.45) is 7.40. The van der Waals surface area contributed by atoms with E-state index < -0.39 is 41.0 Å². The molecule has 15 heteroatoms. The van der Waals surface area contributed by atoms with Gasteiger partial charge in [0.2, 0.25) is 17.7 Å². The number of piperidine rings is 1. The average Bonchev–Trinajstić information content (AvgIpc) is 3.82. The number of hydrogen-bond acceptors (Lipinski definition) is 7. The van der Waals surface area contributed by atoms with Crippen molar-refractivity contribution in [1.29, 1.82) is 0 Å². The minimum Gasteiger partial charge on any atom is -0.372 e. The van der Waals surface area contributed by atoms with Crippen molar-refractivity contribution < 1.29 is 23.9 Å². The predicted molar refractivity (Wildman–Crippen MR) is 243 cm³/mol. The minimum atomic E-state index is -1.30. The smallest absolute Gasteiger partial charge is 0.329 e. The number of carbonyl (C=O) groups is 3. The number of halogens is 3. The molecule has 2 saturated heterocycles. The molecule has 5 atom stereocenters. The molecule has 5 aromatic rings. The molecule has 9 rings (SSSR count). The Balaban J connectivity index is 0.823. The molecule has 4 aliphatic rings. The second kappa shape index (κ2) is 17.5. The van der Waals surface area contributed by atoms with E-state index in [2.05, 4.69) is 26.6 Å². The summed E-state index contributed by atoms with van der Waals surface area (Å²) in [5.41, 5.74) is 3.49. The number of fused-ring (bicyclic) bond motifs is 4. The van der Waals surface area contributed by atoms with Gasteiger partial charge in [0.15, 0.2) is 0 Å². The van der Waals surface area contributed by atoms with Crippen LogP contribution in [0.4, 0.5) is 15.8 Å². The van der Waals surface area contributed by atoms with Crippen molar-refractivity contribution in [3.05, 3.63) is 127 Å². The van der Waals surface area contributed by atoms with E-state index in [0.717, 1.165) is 73.7 Å². The number of benzene rings is 4. The van der Waals surface area contributed by atoms with Gasteiger partial charge in [-0.2, -0.15) is 0 Å². The van der Waals surface area contributed by atoms with Gasteiger partial charge in [0.25, 0.3) is 0 Å². The van der Waals surface area contributed by atoms with Crippen molar-refractivity contribution in [2.75, 3.05) is 17.2 Å². The lowest BCUT2D eigenvalue weighted by atomic mass is 9.55. The van der Waals surface area contributed by atoms with Crippen molar-refractivity contribution in [1.82, 2.24) is 25.1 Å². The summed E-state index contributed by atoms with van der Waals surface area (Å²) in [5.74, 6) is -2.41. The lowest BCUT2D eigenvalue weighted by Gasteiger charge is -2.47. The zero-order valence-corrected chi connectivity index (χ0v) is 36.6. The molecule has 63 heavy (non-hydrogen) atoms. The predicted octanol–water partition coefficient (Wildman–Crippen LogP) is 7.35. The molecule has 1 saturated carbocycles. The van der Waals surface area contributed by atoms with E-state index in [0.29, 0.717) is 47.8 Å². The number of rotatable bonds is 12.